The Morgan fingerprint density at radius 2 is 1.80 bits per heavy atom. The van der Waals surface area contributed by atoms with Gasteiger partial charge in [-0.3, -0.25) is 0 Å². The van der Waals surface area contributed by atoms with Gasteiger partial charge in [0.25, 0.3) is 0 Å². The van der Waals surface area contributed by atoms with Crippen LogP contribution in [-0.4, -0.2) is 19.2 Å². The number of nitrogens with one attached hydrogen (secondary N) is 1. The lowest BCUT2D eigenvalue weighted by Gasteiger charge is -2.03. The molecule has 0 radical (unpaired) electrons. The molecule has 0 unspecified atom stereocenters. The number of amides is 1. The van der Waals surface area contributed by atoms with Crippen LogP contribution in [0.1, 0.15) is 45.4 Å². The van der Waals surface area contributed by atoms with E-state index in [0.29, 0.717) is 6.42 Å². The van der Waals surface area contributed by atoms with Crippen molar-refractivity contribution in [3.8, 4) is 0 Å². The summed E-state index contributed by atoms with van der Waals surface area (Å²) < 4.78 is 4.23. The third-order valence-electron chi connectivity index (χ3n) is 1.92. The standard InChI is InChI=1S/C10H19NO4/c1-3-4-5-6-7-8-9(12)15-11-10(13)14-2/h3-8H2,1-2H3,(H,11,13). The van der Waals surface area contributed by atoms with Gasteiger partial charge in [0.2, 0.25) is 0 Å². The zero-order valence-electron chi connectivity index (χ0n) is 9.38. The number of carbonyl (C=O) groups excluding carboxylic acids is 2. The Bertz CT molecular complexity index is 194. The predicted octanol–water partition coefficient (Wildman–Crippen LogP) is 2.16. The van der Waals surface area contributed by atoms with E-state index in [1.807, 2.05) is 5.48 Å². The van der Waals surface area contributed by atoms with Crippen molar-refractivity contribution in [1.82, 2.24) is 5.48 Å². The molecule has 0 heterocycles. The molecule has 5 nitrogen and oxygen atoms in total. The fraction of sp³-hybridized carbons (Fsp3) is 0.800. The normalized spacial score (nSPS) is 9.47. The quantitative estimate of drug-likeness (QED) is 0.547. The largest absolute Gasteiger partial charge is 0.451 e. The molecule has 0 saturated heterocycles. The summed E-state index contributed by atoms with van der Waals surface area (Å²) in [6.07, 6.45) is 4.86. The van der Waals surface area contributed by atoms with Gasteiger partial charge < -0.3 is 9.57 Å². The molecular formula is C10H19NO4. The first-order valence-electron chi connectivity index (χ1n) is 5.24. The van der Waals surface area contributed by atoms with E-state index < -0.39 is 12.1 Å². The number of carbonyl (C=O) groups is 2. The van der Waals surface area contributed by atoms with Gasteiger partial charge in [-0.25, -0.2) is 9.59 Å². The van der Waals surface area contributed by atoms with Crippen molar-refractivity contribution >= 4 is 12.1 Å². The third-order valence-corrected chi connectivity index (χ3v) is 1.92. The summed E-state index contributed by atoms with van der Waals surface area (Å²) in [5, 5.41) is 0. The molecule has 0 aliphatic carbocycles. The van der Waals surface area contributed by atoms with Crippen LogP contribution >= 0.6 is 0 Å². The zero-order chi connectivity index (χ0) is 11.5. The first kappa shape index (κ1) is 13.7. The average molecular weight is 217 g/mol. The van der Waals surface area contributed by atoms with Gasteiger partial charge in [0.15, 0.2) is 0 Å². The number of hydroxylamine groups is 1. The van der Waals surface area contributed by atoms with Crippen molar-refractivity contribution in [3.05, 3.63) is 0 Å². The number of methoxy groups -OCH3 is 1. The van der Waals surface area contributed by atoms with Crippen molar-refractivity contribution in [3.63, 3.8) is 0 Å². The lowest BCUT2D eigenvalue weighted by atomic mass is 10.1. The third kappa shape index (κ3) is 9.05. The van der Waals surface area contributed by atoms with Gasteiger partial charge in [0.05, 0.1) is 7.11 Å². The molecule has 5 heteroatoms. The van der Waals surface area contributed by atoms with E-state index in [4.69, 9.17) is 0 Å². The van der Waals surface area contributed by atoms with Gasteiger partial charge in [-0.1, -0.05) is 32.6 Å². The second kappa shape index (κ2) is 9.30. The van der Waals surface area contributed by atoms with Crippen molar-refractivity contribution in [2.24, 2.45) is 0 Å². The Morgan fingerprint density at radius 3 is 2.40 bits per heavy atom. The summed E-state index contributed by atoms with van der Waals surface area (Å²) in [6, 6.07) is 0. The monoisotopic (exact) mass is 217 g/mol. The van der Waals surface area contributed by atoms with E-state index in [1.54, 1.807) is 0 Å². The summed E-state index contributed by atoms with van der Waals surface area (Å²) in [7, 11) is 1.20. The number of hydrogen-bond acceptors (Lipinski definition) is 4. The second-order valence-corrected chi connectivity index (χ2v) is 3.23. The highest BCUT2D eigenvalue weighted by atomic mass is 16.7. The van der Waals surface area contributed by atoms with Gasteiger partial charge in [0, 0.05) is 6.42 Å². The molecule has 15 heavy (non-hydrogen) atoms. The van der Waals surface area contributed by atoms with Crippen molar-refractivity contribution in [2.75, 3.05) is 7.11 Å². The van der Waals surface area contributed by atoms with Crippen LogP contribution < -0.4 is 5.48 Å². The highest BCUT2D eigenvalue weighted by molar-refractivity contribution is 5.72. The zero-order valence-corrected chi connectivity index (χ0v) is 9.38. The molecule has 0 aromatic rings. The van der Waals surface area contributed by atoms with E-state index >= 15 is 0 Å². The molecule has 0 aliphatic heterocycles. The van der Waals surface area contributed by atoms with E-state index in [1.165, 1.54) is 20.0 Å². The number of ether oxygens (including phenoxy) is 1. The Kier molecular flexibility index (Phi) is 8.52. The molecule has 1 amide bonds. The van der Waals surface area contributed by atoms with Crippen LogP contribution in [0.15, 0.2) is 0 Å². The molecule has 88 valence electrons. The molecule has 0 atom stereocenters. The SMILES string of the molecule is CCCCCCCC(=O)ONC(=O)OC. The molecule has 0 aromatic carbocycles. The smallest absolute Gasteiger partial charge is 0.440 e. The van der Waals surface area contributed by atoms with E-state index in [2.05, 4.69) is 16.5 Å². The van der Waals surface area contributed by atoms with Crippen LogP contribution in [0.25, 0.3) is 0 Å². The number of rotatable bonds is 6. The molecule has 1 N–H and O–H groups in total. The van der Waals surface area contributed by atoms with E-state index in [0.717, 1.165) is 19.3 Å². The fourth-order valence-corrected chi connectivity index (χ4v) is 1.06. The summed E-state index contributed by atoms with van der Waals surface area (Å²) in [6.45, 7) is 2.13. The molecule has 0 fully saturated rings. The second-order valence-electron chi connectivity index (χ2n) is 3.23. The van der Waals surface area contributed by atoms with Crippen LogP contribution in [0.2, 0.25) is 0 Å². The van der Waals surface area contributed by atoms with Gasteiger partial charge in [-0.05, 0) is 6.42 Å². The van der Waals surface area contributed by atoms with Crippen molar-refractivity contribution in [2.45, 2.75) is 45.4 Å². The van der Waals surface area contributed by atoms with Crippen LogP contribution in [0.3, 0.4) is 0 Å². The molecule has 0 aliphatic rings. The molecule has 0 spiro atoms. The molecule has 0 rings (SSSR count). The maximum atomic E-state index is 11.0. The maximum Gasteiger partial charge on any atom is 0.440 e. The summed E-state index contributed by atoms with van der Waals surface area (Å²) in [5.41, 5.74) is 1.87. The van der Waals surface area contributed by atoms with Gasteiger partial charge >= 0.3 is 12.1 Å². The molecule has 0 bridgehead atoms. The van der Waals surface area contributed by atoms with Crippen LogP contribution in [0.4, 0.5) is 4.79 Å². The highest BCUT2D eigenvalue weighted by Gasteiger charge is 2.05. The van der Waals surface area contributed by atoms with Gasteiger partial charge in [-0.15, -0.1) is 5.48 Å². The van der Waals surface area contributed by atoms with Crippen LogP contribution in [0, 0.1) is 0 Å². The van der Waals surface area contributed by atoms with Gasteiger partial charge in [0.1, 0.15) is 0 Å². The fourth-order valence-electron chi connectivity index (χ4n) is 1.06. The van der Waals surface area contributed by atoms with Crippen LogP contribution in [-0.2, 0) is 14.4 Å². The number of unbranched alkanes of at least 4 members (excludes halogenated alkanes) is 4. The maximum absolute atomic E-state index is 11.0. The Morgan fingerprint density at radius 1 is 1.13 bits per heavy atom. The molecule has 0 saturated carbocycles. The Balaban J connectivity index is 3.30. The van der Waals surface area contributed by atoms with Crippen molar-refractivity contribution < 1.29 is 19.2 Å². The topological polar surface area (TPSA) is 64.6 Å². The van der Waals surface area contributed by atoms with Crippen molar-refractivity contribution in [1.29, 1.82) is 0 Å². The van der Waals surface area contributed by atoms with E-state index in [-0.39, 0.29) is 0 Å². The summed E-state index contributed by atoms with van der Waals surface area (Å²) >= 11 is 0. The van der Waals surface area contributed by atoms with Gasteiger partial charge in [-0.2, -0.15) is 0 Å². The van der Waals surface area contributed by atoms with E-state index in [9.17, 15) is 9.59 Å². The minimum absolute atomic E-state index is 0.327. The predicted molar refractivity (Wildman–Crippen MR) is 55.0 cm³/mol. The molecule has 0 aromatic heterocycles. The lowest BCUT2D eigenvalue weighted by Crippen LogP contribution is -2.26. The minimum atomic E-state index is -0.769. The Labute approximate surface area is 90.1 Å². The number of hydrogen-bond donors (Lipinski definition) is 1. The minimum Gasteiger partial charge on any atom is -0.451 e. The van der Waals surface area contributed by atoms with Crippen LogP contribution in [0.5, 0.6) is 0 Å². The summed E-state index contributed by atoms with van der Waals surface area (Å²) in [5.74, 6) is -0.433. The average Bonchev–Trinajstić information content (AvgIpc) is 2.25. The highest BCUT2D eigenvalue weighted by Crippen LogP contribution is 2.05. The molecular weight excluding hydrogens is 198 g/mol. The Hall–Kier alpha value is -1.26. The lowest BCUT2D eigenvalue weighted by molar-refractivity contribution is -0.149. The first-order chi connectivity index (χ1) is 7.20. The summed E-state index contributed by atoms with van der Waals surface area (Å²) in [4.78, 5) is 26.0. The first-order valence-corrected chi connectivity index (χ1v) is 5.24.